The van der Waals surface area contributed by atoms with Crippen LogP contribution in [-0.2, 0) is 0 Å². The third-order valence-corrected chi connectivity index (χ3v) is 3.22. The largest absolute Gasteiger partial charge is 0.341 e. The summed E-state index contributed by atoms with van der Waals surface area (Å²) in [6.07, 6.45) is 3.10. The van der Waals surface area contributed by atoms with E-state index in [1.807, 2.05) is 6.20 Å². The van der Waals surface area contributed by atoms with E-state index in [0.717, 1.165) is 37.7 Å². The van der Waals surface area contributed by atoms with E-state index >= 15 is 0 Å². The number of rotatable bonds is 7. The highest BCUT2D eigenvalue weighted by Crippen LogP contribution is 2.17. The molecule has 0 fully saturated rings. The molecule has 0 bridgehead atoms. The Hall–Kier alpha value is -1.16. The van der Waals surface area contributed by atoms with Gasteiger partial charge >= 0.3 is 0 Å². The number of anilines is 1. The van der Waals surface area contributed by atoms with Crippen LogP contribution >= 0.6 is 0 Å². The lowest BCUT2D eigenvalue weighted by atomic mass is 10.1. The van der Waals surface area contributed by atoms with Crippen molar-refractivity contribution in [3.8, 4) is 0 Å². The van der Waals surface area contributed by atoms with Crippen molar-refractivity contribution in [2.45, 2.75) is 47.1 Å². The fourth-order valence-corrected chi connectivity index (χ4v) is 2.02. The maximum Gasteiger partial charge on any atom is 0.225 e. The van der Waals surface area contributed by atoms with E-state index < -0.39 is 0 Å². The van der Waals surface area contributed by atoms with Gasteiger partial charge in [0, 0.05) is 36.6 Å². The Balaban J connectivity index is 2.85. The second-order valence-electron chi connectivity index (χ2n) is 4.56. The first-order valence-electron chi connectivity index (χ1n) is 6.95. The Morgan fingerprint density at radius 2 is 1.94 bits per heavy atom. The van der Waals surface area contributed by atoms with Gasteiger partial charge in [0.1, 0.15) is 0 Å². The third-order valence-electron chi connectivity index (χ3n) is 3.22. The molecule has 0 saturated carbocycles. The number of aromatic nitrogens is 2. The Morgan fingerprint density at radius 1 is 1.28 bits per heavy atom. The maximum absolute atomic E-state index is 4.62. The third kappa shape index (κ3) is 3.67. The molecule has 0 spiro atoms. The topological polar surface area (TPSA) is 41.1 Å². The van der Waals surface area contributed by atoms with Gasteiger partial charge in [-0.3, -0.25) is 0 Å². The van der Waals surface area contributed by atoms with E-state index in [9.17, 15) is 0 Å². The Kier molecular flexibility index (Phi) is 6.05. The predicted octanol–water partition coefficient (Wildman–Crippen LogP) is 2.69. The molecule has 1 aromatic rings. The van der Waals surface area contributed by atoms with Gasteiger partial charge in [0.15, 0.2) is 0 Å². The quantitative estimate of drug-likeness (QED) is 0.808. The summed E-state index contributed by atoms with van der Waals surface area (Å²) >= 11 is 0. The molecule has 1 unspecified atom stereocenters. The molecule has 0 aliphatic carbocycles. The van der Waals surface area contributed by atoms with Crippen LogP contribution in [0.3, 0.4) is 0 Å². The van der Waals surface area contributed by atoms with E-state index in [0.29, 0.717) is 6.04 Å². The van der Waals surface area contributed by atoms with E-state index in [1.165, 1.54) is 5.56 Å². The van der Waals surface area contributed by atoms with Crippen molar-refractivity contribution in [2.24, 2.45) is 0 Å². The van der Waals surface area contributed by atoms with Crippen LogP contribution in [0.1, 0.15) is 51.4 Å². The molecule has 0 radical (unpaired) electrons. The highest BCUT2D eigenvalue weighted by molar-refractivity contribution is 5.33. The average Bonchev–Trinajstić information content (AvgIpc) is 2.37. The number of aryl methyl sites for hydroxylation is 1. The molecule has 18 heavy (non-hydrogen) atoms. The second kappa shape index (κ2) is 7.31. The molecule has 1 heterocycles. The first-order chi connectivity index (χ1) is 8.63. The highest BCUT2D eigenvalue weighted by Gasteiger charge is 2.12. The Morgan fingerprint density at radius 3 is 2.44 bits per heavy atom. The summed E-state index contributed by atoms with van der Waals surface area (Å²) in [5.74, 6) is 0.837. The first-order valence-corrected chi connectivity index (χ1v) is 6.95. The summed E-state index contributed by atoms with van der Waals surface area (Å²) in [6, 6.07) is 0.315. The standard InChI is InChI=1S/C14H26N4/c1-6-9-15-11(4)13-10-16-14(17-12(13)5)18(7-2)8-3/h10-11,15H,6-9H2,1-5H3. The molecule has 1 atom stereocenters. The number of hydrogen-bond acceptors (Lipinski definition) is 4. The van der Waals surface area contributed by atoms with E-state index in [4.69, 9.17) is 0 Å². The minimum absolute atomic E-state index is 0.315. The molecule has 0 aliphatic rings. The van der Waals surface area contributed by atoms with Gasteiger partial charge in [-0.15, -0.1) is 0 Å². The van der Waals surface area contributed by atoms with E-state index in [2.05, 4.69) is 54.8 Å². The zero-order valence-electron chi connectivity index (χ0n) is 12.3. The summed E-state index contributed by atoms with van der Waals surface area (Å²) in [6.45, 7) is 13.6. The van der Waals surface area contributed by atoms with Gasteiger partial charge in [-0.25, -0.2) is 9.97 Å². The zero-order chi connectivity index (χ0) is 13.5. The van der Waals surface area contributed by atoms with Gasteiger partial charge in [0.25, 0.3) is 0 Å². The lowest BCUT2D eigenvalue weighted by Gasteiger charge is -2.21. The minimum Gasteiger partial charge on any atom is -0.341 e. The van der Waals surface area contributed by atoms with Crippen molar-refractivity contribution in [1.82, 2.24) is 15.3 Å². The van der Waals surface area contributed by atoms with Crippen molar-refractivity contribution in [3.63, 3.8) is 0 Å². The van der Waals surface area contributed by atoms with Gasteiger partial charge in [-0.2, -0.15) is 0 Å². The molecular weight excluding hydrogens is 224 g/mol. The molecular formula is C14H26N4. The highest BCUT2D eigenvalue weighted by atomic mass is 15.2. The fraction of sp³-hybridized carbons (Fsp3) is 0.714. The number of nitrogens with one attached hydrogen (secondary N) is 1. The van der Waals surface area contributed by atoms with Crippen LogP contribution in [0.2, 0.25) is 0 Å². The van der Waals surface area contributed by atoms with Crippen LogP contribution in [-0.4, -0.2) is 29.6 Å². The summed E-state index contributed by atoms with van der Waals surface area (Å²) < 4.78 is 0. The molecule has 0 saturated heterocycles. The molecule has 4 nitrogen and oxygen atoms in total. The van der Waals surface area contributed by atoms with Gasteiger partial charge in [-0.1, -0.05) is 6.92 Å². The van der Waals surface area contributed by atoms with Gasteiger partial charge in [0.05, 0.1) is 0 Å². The molecule has 4 heteroatoms. The van der Waals surface area contributed by atoms with E-state index in [1.54, 1.807) is 0 Å². The molecule has 1 rings (SSSR count). The average molecular weight is 250 g/mol. The van der Waals surface area contributed by atoms with Crippen molar-refractivity contribution >= 4 is 5.95 Å². The van der Waals surface area contributed by atoms with Gasteiger partial charge < -0.3 is 10.2 Å². The molecule has 0 aliphatic heterocycles. The minimum atomic E-state index is 0.315. The van der Waals surface area contributed by atoms with Crippen LogP contribution in [0.15, 0.2) is 6.20 Å². The Bertz CT molecular complexity index is 361. The molecule has 0 amide bonds. The fourth-order valence-electron chi connectivity index (χ4n) is 2.02. The first kappa shape index (κ1) is 14.9. The zero-order valence-corrected chi connectivity index (χ0v) is 12.3. The summed E-state index contributed by atoms with van der Waals surface area (Å²) in [4.78, 5) is 11.3. The molecule has 102 valence electrons. The van der Waals surface area contributed by atoms with Crippen LogP contribution in [0.25, 0.3) is 0 Å². The normalized spacial score (nSPS) is 12.5. The smallest absolute Gasteiger partial charge is 0.225 e. The van der Waals surface area contributed by atoms with Crippen molar-refractivity contribution in [2.75, 3.05) is 24.5 Å². The summed E-state index contributed by atoms with van der Waals surface area (Å²) in [7, 11) is 0. The van der Waals surface area contributed by atoms with Crippen LogP contribution in [0.4, 0.5) is 5.95 Å². The van der Waals surface area contributed by atoms with Crippen molar-refractivity contribution in [1.29, 1.82) is 0 Å². The van der Waals surface area contributed by atoms with E-state index in [-0.39, 0.29) is 0 Å². The lowest BCUT2D eigenvalue weighted by molar-refractivity contribution is 0.564. The van der Waals surface area contributed by atoms with Crippen LogP contribution < -0.4 is 10.2 Å². The maximum atomic E-state index is 4.62. The van der Waals surface area contributed by atoms with Crippen molar-refractivity contribution < 1.29 is 0 Å². The predicted molar refractivity (Wildman–Crippen MR) is 77.0 cm³/mol. The van der Waals surface area contributed by atoms with Gasteiger partial charge in [0.2, 0.25) is 5.95 Å². The lowest BCUT2D eigenvalue weighted by Crippen LogP contribution is -2.26. The molecule has 1 N–H and O–H groups in total. The molecule has 0 aromatic carbocycles. The monoisotopic (exact) mass is 250 g/mol. The SMILES string of the molecule is CCCNC(C)c1cnc(N(CC)CC)nc1C. The number of hydrogen-bond donors (Lipinski definition) is 1. The molecule has 1 aromatic heterocycles. The van der Waals surface area contributed by atoms with Crippen LogP contribution in [0, 0.1) is 6.92 Å². The summed E-state index contributed by atoms with van der Waals surface area (Å²) in [5.41, 5.74) is 2.27. The Labute approximate surface area is 111 Å². The van der Waals surface area contributed by atoms with Crippen molar-refractivity contribution in [3.05, 3.63) is 17.5 Å². The number of nitrogens with zero attached hydrogens (tertiary/aromatic N) is 3. The second-order valence-corrected chi connectivity index (χ2v) is 4.56. The summed E-state index contributed by atoms with van der Waals surface area (Å²) in [5, 5.41) is 3.47. The van der Waals surface area contributed by atoms with Crippen LogP contribution in [0.5, 0.6) is 0 Å². The van der Waals surface area contributed by atoms with Gasteiger partial charge in [-0.05, 0) is 40.7 Å².